The Labute approximate surface area is 128 Å². The van der Waals surface area contributed by atoms with Crippen LogP contribution >= 0.6 is 0 Å². The number of hydrogen-bond acceptors (Lipinski definition) is 2. The van der Waals surface area contributed by atoms with Crippen LogP contribution in [0.3, 0.4) is 0 Å². The van der Waals surface area contributed by atoms with Gasteiger partial charge in [0.2, 0.25) is 0 Å². The number of halogens is 1. The van der Waals surface area contributed by atoms with E-state index in [0.29, 0.717) is 18.5 Å². The fraction of sp³-hybridized carbons (Fsp3) is 0.667. The molecule has 0 spiro atoms. The second-order valence-corrected chi connectivity index (χ2v) is 6.39. The van der Waals surface area contributed by atoms with E-state index in [0.717, 1.165) is 18.7 Å². The summed E-state index contributed by atoms with van der Waals surface area (Å²) in [5.41, 5.74) is 0.800. The molecule has 0 aromatic heterocycles. The molecule has 0 bridgehead atoms. The maximum absolute atomic E-state index is 13.7. The molecule has 0 amide bonds. The monoisotopic (exact) mass is 292 g/mol. The molecule has 2 rings (SSSR count). The molecule has 0 aliphatic heterocycles. The largest absolute Gasteiger partial charge is 0.314 e. The minimum atomic E-state index is -0.0892. The standard InChI is InChI=1S/C18H29FN2/c1-3-12-20-18-11-7-5-9-16(18)14-21(2)13-15-8-4-6-10-17(15)19/h4,6,8,10,16,18,20H,3,5,7,9,11-14H2,1-2H3. The van der Waals surface area contributed by atoms with Crippen molar-refractivity contribution in [3.8, 4) is 0 Å². The molecule has 1 N–H and O–H groups in total. The lowest BCUT2D eigenvalue weighted by Crippen LogP contribution is -2.43. The van der Waals surface area contributed by atoms with Crippen molar-refractivity contribution in [2.24, 2.45) is 5.92 Å². The van der Waals surface area contributed by atoms with Crippen LogP contribution in [0.1, 0.15) is 44.6 Å². The molecule has 1 saturated carbocycles. The average molecular weight is 292 g/mol. The SMILES string of the molecule is CCCNC1CCCCC1CN(C)Cc1ccccc1F. The summed E-state index contributed by atoms with van der Waals surface area (Å²) < 4.78 is 13.7. The predicted octanol–water partition coefficient (Wildman–Crippen LogP) is 3.82. The van der Waals surface area contributed by atoms with E-state index in [9.17, 15) is 4.39 Å². The van der Waals surface area contributed by atoms with E-state index in [4.69, 9.17) is 0 Å². The molecule has 1 fully saturated rings. The van der Waals surface area contributed by atoms with Crippen molar-refractivity contribution in [3.05, 3.63) is 35.6 Å². The molecular formula is C18H29FN2. The van der Waals surface area contributed by atoms with Gasteiger partial charge in [-0.2, -0.15) is 0 Å². The first-order valence-corrected chi connectivity index (χ1v) is 8.36. The summed E-state index contributed by atoms with van der Waals surface area (Å²) in [5, 5.41) is 3.70. The zero-order valence-corrected chi connectivity index (χ0v) is 13.4. The van der Waals surface area contributed by atoms with Crippen LogP contribution in [0.25, 0.3) is 0 Å². The van der Waals surface area contributed by atoms with Gasteiger partial charge in [0, 0.05) is 24.7 Å². The summed E-state index contributed by atoms with van der Waals surface area (Å²) in [6.07, 6.45) is 6.45. The summed E-state index contributed by atoms with van der Waals surface area (Å²) in [4.78, 5) is 2.27. The molecular weight excluding hydrogens is 263 g/mol. The molecule has 1 aliphatic rings. The predicted molar refractivity (Wildman–Crippen MR) is 86.8 cm³/mol. The normalized spacial score (nSPS) is 22.7. The van der Waals surface area contributed by atoms with Crippen molar-refractivity contribution in [1.29, 1.82) is 0 Å². The van der Waals surface area contributed by atoms with Gasteiger partial charge in [0.1, 0.15) is 5.82 Å². The number of nitrogens with one attached hydrogen (secondary N) is 1. The van der Waals surface area contributed by atoms with Gasteiger partial charge in [0.15, 0.2) is 0 Å². The summed E-state index contributed by atoms with van der Waals surface area (Å²) in [7, 11) is 2.11. The topological polar surface area (TPSA) is 15.3 Å². The van der Waals surface area contributed by atoms with Crippen LogP contribution in [-0.4, -0.2) is 31.1 Å². The molecule has 1 aromatic carbocycles. The lowest BCUT2D eigenvalue weighted by molar-refractivity contribution is 0.184. The molecule has 2 unspecified atom stereocenters. The summed E-state index contributed by atoms with van der Waals surface area (Å²) >= 11 is 0. The highest BCUT2D eigenvalue weighted by molar-refractivity contribution is 5.17. The highest BCUT2D eigenvalue weighted by Crippen LogP contribution is 2.25. The fourth-order valence-electron chi connectivity index (χ4n) is 3.41. The van der Waals surface area contributed by atoms with Crippen LogP contribution in [0.15, 0.2) is 24.3 Å². The van der Waals surface area contributed by atoms with Crippen molar-refractivity contribution in [1.82, 2.24) is 10.2 Å². The maximum atomic E-state index is 13.7. The van der Waals surface area contributed by atoms with Crippen molar-refractivity contribution >= 4 is 0 Å². The molecule has 21 heavy (non-hydrogen) atoms. The van der Waals surface area contributed by atoms with Gasteiger partial charge in [0.25, 0.3) is 0 Å². The first kappa shape index (κ1) is 16.4. The minimum absolute atomic E-state index is 0.0892. The van der Waals surface area contributed by atoms with Crippen molar-refractivity contribution in [2.45, 2.75) is 51.6 Å². The summed E-state index contributed by atoms with van der Waals surface area (Å²) in [5.74, 6) is 0.607. The van der Waals surface area contributed by atoms with Crippen molar-refractivity contribution in [2.75, 3.05) is 20.1 Å². The molecule has 1 aromatic rings. The molecule has 0 heterocycles. The van der Waals surface area contributed by atoms with Crippen LogP contribution in [-0.2, 0) is 6.54 Å². The lowest BCUT2D eigenvalue weighted by atomic mass is 9.84. The number of nitrogens with zero attached hydrogens (tertiary/aromatic N) is 1. The smallest absolute Gasteiger partial charge is 0.127 e. The number of hydrogen-bond donors (Lipinski definition) is 1. The molecule has 3 heteroatoms. The van der Waals surface area contributed by atoms with E-state index < -0.39 is 0 Å². The van der Waals surface area contributed by atoms with Gasteiger partial charge < -0.3 is 10.2 Å². The minimum Gasteiger partial charge on any atom is -0.314 e. The van der Waals surface area contributed by atoms with E-state index in [1.165, 1.54) is 32.1 Å². The second kappa shape index (κ2) is 8.50. The quantitative estimate of drug-likeness (QED) is 0.822. The van der Waals surface area contributed by atoms with Crippen LogP contribution in [0.4, 0.5) is 4.39 Å². The van der Waals surface area contributed by atoms with Gasteiger partial charge in [-0.15, -0.1) is 0 Å². The van der Waals surface area contributed by atoms with Crippen molar-refractivity contribution < 1.29 is 4.39 Å². The van der Waals surface area contributed by atoms with Gasteiger partial charge >= 0.3 is 0 Å². The maximum Gasteiger partial charge on any atom is 0.127 e. The van der Waals surface area contributed by atoms with E-state index >= 15 is 0 Å². The second-order valence-electron chi connectivity index (χ2n) is 6.39. The van der Waals surface area contributed by atoms with Gasteiger partial charge in [-0.05, 0) is 44.8 Å². The lowest BCUT2D eigenvalue weighted by Gasteiger charge is -2.35. The molecule has 118 valence electrons. The van der Waals surface area contributed by atoms with E-state index in [1.54, 1.807) is 12.1 Å². The zero-order valence-electron chi connectivity index (χ0n) is 13.4. The molecule has 2 nitrogen and oxygen atoms in total. The average Bonchev–Trinajstić information content (AvgIpc) is 2.49. The highest BCUT2D eigenvalue weighted by atomic mass is 19.1. The third-order valence-electron chi connectivity index (χ3n) is 4.51. The molecule has 0 radical (unpaired) electrons. The summed E-state index contributed by atoms with van der Waals surface area (Å²) in [6, 6.07) is 7.75. The first-order chi connectivity index (χ1) is 10.2. The molecule has 1 aliphatic carbocycles. The van der Waals surface area contributed by atoms with Gasteiger partial charge in [-0.25, -0.2) is 4.39 Å². The number of rotatable bonds is 7. The fourth-order valence-corrected chi connectivity index (χ4v) is 3.41. The van der Waals surface area contributed by atoms with E-state index in [-0.39, 0.29) is 5.82 Å². The Morgan fingerprint density at radius 2 is 2.00 bits per heavy atom. The van der Waals surface area contributed by atoms with Crippen LogP contribution in [0.5, 0.6) is 0 Å². The Hall–Kier alpha value is -0.930. The Balaban J connectivity index is 1.87. The van der Waals surface area contributed by atoms with Crippen LogP contribution in [0, 0.1) is 11.7 Å². The van der Waals surface area contributed by atoms with Gasteiger partial charge in [-0.3, -0.25) is 0 Å². The van der Waals surface area contributed by atoms with E-state index in [2.05, 4.69) is 24.2 Å². The number of benzene rings is 1. The Morgan fingerprint density at radius 3 is 2.76 bits per heavy atom. The Bertz CT molecular complexity index is 421. The Morgan fingerprint density at radius 1 is 1.24 bits per heavy atom. The van der Waals surface area contributed by atoms with Crippen LogP contribution in [0.2, 0.25) is 0 Å². The first-order valence-electron chi connectivity index (χ1n) is 8.36. The van der Waals surface area contributed by atoms with Crippen LogP contribution < -0.4 is 5.32 Å². The third-order valence-corrected chi connectivity index (χ3v) is 4.51. The molecule has 0 saturated heterocycles. The highest BCUT2D eigenvalue weighted by Gasteiger charge is 2.25. The van der Waals surface area contributed by atoms with Crippen molar-refractivity contribution in [3.63, 3.8) is 0 Å². The Kier molecular flexibility index (Phi) is 6.65. The summed E-state index contributed by atoms with van der Waals surface area (Å²) in [6.45, 7) is 5.08. The van der Waals surface area contributed by atoms with E-state index in [1.807, 2.05) is 12.1 Å². The third kappa shape index (κ3) is 5.08. The van der Waals surface area contributed by atoms with Gasteiger partial charge in [0.05, 0.1) is 0 Å². The zero-order chi connectivity index (χ0) is 15.1. The van der Waals surface area contributed by atoms with Gasteiger partial charge in [-0.1, -0.05) is 38.0 Å². The molecule has 2 atom stereocenters.